The van der Waals surface area contributed by atoms with E-state index in [1.165, 1.54) is 0 Å². The van der Waals surface area contributed by atoms with Crippen molar-refractivity contribution in [3.05, 3.63) is 59.7 Å². The zero-order chi connectivity index (χ0) is 20.9. The second-order valence-electron chi connectivity index (χ2n) is 6.35. The molecule has 6 nitrogen and oxygen atoms in total. The number of nitrogens with one attached hydrogen (secondary N) is 1. The molecule has 1 aliphatic rings. The molecule has 3 rings (SSSR count). The van der Waals surface area contributed by atoms with Crippen LogP contribution < -0.4 is 10.2 Å². The van der Waals surface area contributed by atoms with Crippen LogP contribution in [0.3, 0.4) is 0 Å². The van der Waals surface area contributed by atoms with Crippen LogP contribution in [0.5, 0.6) is 0 Å². The number of amides is 1. The molecule has 0 unspecified atom stereocenters. The molecule has 1 saturated heterocycles. The Kier molecular flexibility index (Phi) is 6.38. The topological polar surface area (TPSA) is 67.9 Å². The van der Waals surface area contributed by atoms with Crippen LogP contribution in [0.25, 0.3) is 0 Å². The predicted molar refractivity (Wildman–Crippen MR) is 99.8 cm³/mol. The van der Waals surface area contributed by atoms with E-state index in [4.69, 9.17) is 9.47 Å². The molecule has 0 spiro atoms. The van der Waals surface area contributed by atoms with Gasteiger partial charge in [-0.3, -0.25) is 4.79 Å². The highest BCUT2D eigenvalue weighted by molar-refractivity contribution is 5.95. The van der Waals surface area contributed by atoms with Crippen LogP contribution in [0.4, 0.5) is 24.5 Å². The van der Waals surface area contributed by atoms with Crippen LogP contribution in [0.15, 0.2) is 48.5 Å². The molecular formula is C20H19F3N2O4. The minimum Gasteiger partial charge on any atom is -0.452 e. The monoisotopic (exact) mass is 408 g/mol. The van der Waals surface area contributed by atoms with E-state index in [-0.39, 0.29) is 5.56 Å². The Morgan fingerprint density at radius 1 is 1.00 bits per heavy atom. The first kappa shape index (κ1) is 20.7. The van der Waals surface area contributed by atoms with E-state index in [0.717, 1.165) is 43.0 Å². The number of ether oxygens (including phenoxy) is 2. The van der Waals surface area contributed by atoms with Crippen LogP contribution in [-0.2, 0) is 20.4 Å². The highest BCUT2D eigenvalue weighted by Gasteiger charge is 2.30. The summed E-state index contributed by atoms with van der Waals surface area (Å²) in [4.78, 5) is 26.0. The summed E-state index contributed by atoms with van der Waals surface area (Å²) >= 11 is 0. The maximum absolute atomic E-state index is 12.5. The van der Waals surface area contributed by atoms with Gasteiger partial charge in [-0.1, -0.05) is 0 Å². The lowest BCUT2D eigenvalue weighted by Gasteiger charge is -2.28. The number of hydrogen-bond donors (Lipinski definition) is 1. The number of esters is 1. The second kappa shape index (κ2) is 8.95. The zero-order valence-corrected chi connectivity index (χ0v) is 15.4. The molecule has 29 heavy (non-hydrogen) atoms. The number of nitrogens with zero attached hydrogens (tertiary/aromatic N) is 1. The third-order valence-corrected chi connectivity index (χ3v) is 4.31. The molecule has 0 aromatic heterocycles. The second-order valence-corrected chi connectivity index (χ2v) is 6.35. The lowest BCUT2D eigenvalue weighted by atomic mass is 10.1. The average molecular weight is 408 g/mol. The van der Waals surface area contributed by atoms with Crippen molar-refractivity contribution in [3.8, 4) is 0 Å². The number of rotatable bonds is 5. The van der Waals surface area contributed by atoms with Crippen molar-refractivity contribution < 1.29 is 32.2 Å². The number of carbonyl (C=O) groups is 2. The number of carbonyl (C=O) groups excluding carboxylic acids is 2. The fourth-order valence-corrected chi connectivity index (χ4v) is 2.78. The Labute approximate surface area is 165 Å². The molecule has 9 heteroatoms. The first-order valence-electron chi connectivity index (χ1n) is 8.90. The predicted octanol–water partition coefficient (Wildman–Crippen LogP) is 3.34. The molecular weight excluding hydrogens is 389 g/mol. The third-order valence-electron chi connectivity index (χ3n) is 4.31. The maximum atomic E-state index is 12.5. The zero-order valence-electron chi connectivity index (χ0n) is 15.4. The molecule has 1 aliphatic heterocycles. The normalized spacial score (nSPS) is 14.4. The van der Waals surface area contributed by atoms with Gasteiger partial charge in [-0.25, -0.2) is 4.79 Å². The maximum Gasteiger partial charge on any atom is 0.416 e. The molecule has 0 radical (unpaired) electrons. The molecule has 2 aromatic carbocycles. The largest absolute Gasteiger partial charge is 0.452 e. The number of alkyl halides is 3. The fraction of sp³-hybridized carbons (Fsp3) is 0.300. The summed E-state index contributed by atoms with van der Waals surface area (Å²) in [6.45, 7) is 2.38. The van der Waals surface area contributed by atoms with E-state index in [9.17, 15) is 22.8 Å². The molecule has 1 fully saturated rings. The smallest absolute Gasteiger partial charge is 0.416 e. The van der Waals surface area contributed by atoms with Gasteiger partial charge in [-0.05, 0) is 48.5 Å². The van der Waals surface area contributed by atoms with E-state index < -0.39 is 30.2 Å². The fourth-order valence-electron chi connectivity index (χ4n) is 2.78. The highest BCUT2D eigenvalue weighted by Crippen LogP contribution is 2.29. The summed E-state index contributed by atoms with van der Waals surface area (Å²) in [5.74, 6) is -1.43. The van der Waals surface area contributed by atoms with Crippen molar-refractivity contribution >= 4 is 23.3 Å². The summed E-state index contributed by atoms with van der Waals surface area (Å²) in [6.07, 6.45) is -4.49. The van der Waals surface area contributed by atoms with Gasteiger partial charge in [-0.2, -0.15) is 13.2 Å². The number of anilines is 2. The Hall–Kier alpha value is -3.07. The Balaban J connectivity index is 1.48. The van der Waals surface area contributed by atoms with Crippen molar-refractivity contribution in [1.82, 2.24) is 0 Å². The third kappa shape index (κ3) is 5.71. The minimum absolute atomic E-state index is 0.0688. The lowest BCUT2D eigenvalue weighted by molar-refractivity contribution is -0.137. The average Bonchev–Trinajstić information content (AvgIpc) is 2.73. The Morgan fingerprint density at radius 3 is 2.21 bits per heavy atom. The Morgan fingerprint density at radius 2 is 1.62 bits per heavy atom. The molecule has 1 amide bonds. The molecule has 1 N–H and O–H groups in total. The van der Waals surface area contributed by atoms with Gasteiger partial charge in [0, 0.05) is 24.5 Å². The van der Waals surface area contributed by atoms with Crippen molar-refractivity contribution in [2.24, 2.45) is 0 Å². The number of benzene rings is 2. The first-order chi connectivity index (χ1) is 13.8. The summed E-state index contributed by atoms with van der Waals surface area (Å²) in [5, 5.41) is 2.60. The van der Waals surface area contributed by atoms with E-state index in [1.807, 2.05) is 12.1 Å². The number of morpholine rings is 1. The van der Waals surface area contributed by atoms with Crippen LogP contribution in [-0.4, -0.2) is 44.8 Å². The molecule has 0 bridgehead atoms. The van der Waals surface area contributed by atoms with Gasteiger partial charge in [0.25, 0.3) is 5.91 Å². The van der Waals surface area contributed by atoms with Crippen LogP contribution in [0.2, 0.25) is 0 Å². The Bertz CT molecular complexity index is 846. The van der Waals surface area contributed by atoms with Crippen LogP contribution in [0, 0.1) is 0 Å². The van der Waals surface area contributed by atoms with Gasteiger partial charge in [0.2, 0.25) is 0 Å². The van der Waals surface area contributed by atoms with Crippen molar-refractivity contribution in [2.45, 2.75) is 6.18 Å². The molecule has 0 aliphatic carbocycles. The van der Waals surface area contributed by atoms with E-state index in [2.05, 4.69) is 10.2 Å². The molecule has 0 saturated carbocycles. The highest BCUT2D eigenvalue weighted by atomic mass is 19.4. The van der Waals surface area contributed by atoms with Gasteiger partial charge in [0.1, 0.15) is 0 Å². The van der Waals surface area contributed by atoms with Crippen molar-refractivity contribution in [2.75, 3.05) is 43.1 Å². The number of halogens is 3. The van der Waals surface area contributed by atoms with E-state index >= 15 is 0 Å². The van der Waals surface area contributed by atoms with Gasteiger partial charge >= 0.3 is 12.1 Å². The molecule has 154 valence electrons. The summed E-state index contributed by atoms with van der Waals surface area (Å²) < 4.78 is 47.8. The van der Waals surface area contributed by atoms with Gasteiger partial charge < -0.3 is 19.7 Å². The minimum atomic E-state index is -4.49. The molecule has 1 heterocycles. The van der Waals surface area contributed by atoms with E-state index in [1.54, 1.807) is 12.1 Å². The summed E-state index contributed by atoms with van der Waals surface area (Å²) in [6, 6.07) is 10.8. The quantitative estimate of drug-likeness (QED) is 0.769. The van der Waals surface area contributed by atoms with Crippen molar-refractivity contribution in [1.29, 1.82) is 0 Å². The first-order valence-corrected chi connectivity index (χ1v) is 8.90. The standard InChI is InChI=1S/C20H19F3N2O4/c21-20(22,23)15-3-1-14(2-4-15)19(27)29-13-18(26)24-16-5-7-17(8-6-16)25-9-11-28-12-10-25/h1-8H,9-13H2,(H,24,26). The van der Waals surface area contributed by atoms with Gasteiger partial charge in [0.05, 0.1) is 24.3 Å². The molecule has 2 aromatic rings. The lowest BCUT2D eigenvalue weighted by Crippen LogP contribution is -2.36. The summed E-state index contributed by atoms with van der Waals surface area (Å²) in [7, 11) is 0. The van der Waals surface area contributed by atoms with Gasteiger partial charge in [-0.15, -0.1) is 0 Å². The summed E-state index contributed by atoms with van der Waals surface area (Å²) in [5.41, 5.74) is 0.616. The van der Waals surface area contributed by atoms with Crippen LogP contribution in [0.1, 0.15) is 15.9 Å². The SMILES string of the molecule is O=C(COC(=O)c1ccc(C(F)(F)F)cc1)Nc1ccc(N2CCOCC2)cc1. The van der Waals surface area contributed by atoms with E-state index in [0.29, 0.717) is 18.9 Å². The molecule has 0 atom stereocenters. The number of hydrogen-bond acceptors (Lipinski definition) is 5. The van der Waals surface area contributed by atoms with Crippen LogP contribution >= 0.6 is 0 Å². The van der Waals surface area contributed by atoms with Crippen molar-refractivity contribution in [3.63, 3.8) is 0 Å². The van der Waals surface area contributed by atoms with Gasteiger partial charge in [0.15, 0.2) is 6.61 Å².